The van der Waals surface area contributed by atoms with Gasteiger partial charge in [0.25, 0.3) is 5.91 Å². The fraction of sp³-hybridized carbons (Fsp3) is 0.0455. The van der Waals surface area contributed by atoms with Crippen molar-refractivity contribution in [2.24, 2.45) is 0 Å². The van der Waals surface area contributed by atoms with Crippen molar-refractivity contribution in [1.82, 2.24) is 34.7 Å². The highest BCUT2D eigenvalue weighted by molar-refractivity contribution is 5.91. The minimum atomic E-state index is -0.380. The molecule has 2 aromatic carbocycles. The van der Waals surface area contributed by atoms with Crippen LogP contribution in [0.3, 0.4) is 0 Å². The maximum atomic E-state index is 12.8. The molecule has 30 heavy (non-hydrogen) atoms. The Hall–Kier alpha value is -4.33. The van der Waals surface area contributed by atoms with Crippen molar-refractivity contribution >= 4 is 11.6 Å². The standard InChI is InChI=1S/C22H17N7O/c30-22(23-15-19-26-25-18-13-7-8-14-28(18)19)20-24-21(16-9-3-1-4-10-16)29(27-20)17-11-5-2-6-12-17/h1-14H,15H2,(H,23,30). The molecule has 8 nitrogen and oxygen atoms in total. The Kier molecular flexibility index (Phi) is 4.49. The van der Waals surface area contributed by atoms with E-state index in [9.17, 15) is 4.79 Å². The van der Waals surface area contributed by atoms with Gasteiger partial charge in [-0.15, -0.1) is 15.3 Å². The number of carbonyl (C=O) groups is 1. The molecule has 0 unspecified atom stereocenters. The lowest BCUT2D eigenvalue weighted by Gasteiger charge is -2.05. The summed E-state index contributed by atoms with van der Waals surface area (Å²) in [4.78, 5) is 17.3. The Balaban J connectivity index is 1.45. The Labute approximate surface area is 171 Å². The number of para-hydroxylation sites is 1. The quantitative estimate of drug-likeness (QED) is 0.494. The van der Waals surface area contributed by atoms with Crippen LogP contribution in [0.4, 0.5) is 0 Å². The van der Waals surface area contributed by atoms with E-state index in [1.807, 2.05) is 89.5 Å². The molecule has 0 atom stereocenters. The SMILES string of the molecule is O=C(NCc1nnc2ccccn12)c1nc(-c2ccccc2)n(-c2ccccc2)n1. The number of fused-ring (bicyclic) bond motifs is 1. The largest absolute Gasteiger partial charge is 0.342 e. The highest BCUT2D eigenvalue weighted by Crippen LogP contribution is 2.21. The molecule has 5 rings (SSSR count). The third kappa shape index (κ3) is 3.30. The van der Waals surface area contributed by atoms with Gasteiger partial charge in [-0.3, -0.25) is 9.20 Å². The van der Waals surface area contributed by atoms with Crippen LogP contribution in [-0.2, 0) is 6.54 Å². The second-order valence-corrected chi connectivity index (χ2v) is 6.60. The molecule has 0 saturated heterocycles. The van der Waals surface area contributed by atoms with Crippen molar-refractivity contribution < 1.29 is 4.79 Å². The maximum absolute atomic E-state index is 12.8. The normalized spacial score (nSPS) is 10.9. The molecule has 3 aromatic heterocycles. The Morgan fingerprint density at radius 3 is 2.40 bits per heavy atom. The van der Waals surface area contributed by atoms with Crippen molar-refractivity contribution in [3.63, 3.8) is 0 Å². The van der Waals surface area contributed by atoms with E-state index in [-0.39, 0.29) is 18.3 Å². The van der Waals surface area contributed by atoms with Gasteiger partial charge in [-0.2, -0.15) is 0 Å². The molecule has 8 heteroatoms. The van der Waals surface area contributed by atoms with Crippen molar-refractivity contribution in [2.45, 2.75) is 6.54 Å². The van der Waals surface area contributed by atoms with E-state index in [1.165, 1.54) is 0 Å². The highest BCUT2D eigenvalue weighted by atomic mass is 16.2. The predicted octanol–water partition coefficient (Wildman–Crippen LogP) is 2.91. The first kappa shape index (κ1) is 17.7. The summed E-state index contributed by atoms with van der Waals surface area (Å²) in [5.41, 5.74) is 2.42. The molecule has 0 bridgehead atoms. The van der Waals surface area contributed by atoms with Crippen LogP contribution < -0.4 is 5.32 Å². The minimum absolute atomic E-state index is 0.0894. The summed E-state index contributed by atoms with van der Waals surface area (Å²) in [6, 6.07) is 24.9. The lowest BCUT2D eigenvalue weighted by atomic mass is 10.2. The van der Waals surface area contributed by atoms with E-state index in [2.05, 4.69) is 25.6 Å². The molecule has 3 heterocycles. The predicted molar refractivity (Wildman–Crippen MR) is 111 cm³/mol. The molecular formula is C22H17N7O. The molecule has 1 N–H and O–H groups in total. The van der Waals surface area contributed by atoms with Gasteiger partial charge in [0.15, 0.2) is 17.3 Å². The number of carbonyl (C=O) groups excluding carboxylic acids is 1. The first-order valence-corrected chi connectivity index (χ1v) is 9.44. The van der Waals surface area contributed by atoms with Crippen LogP contribution in [0, 0.1) is 0 Å². The molecule has 0 aliphatic rings. The topological polar surface area (TPSA) is 90.0 Å². The van der Waals surface area contributed by atoms with E-state index in [0.717, 1.165) is 16.9 Å². The lowest BCUT2D eigenvalue weighted by molar-refractivity contribution is 0.0939. The van der Waals surface area contributed by atoms with Gasteiger partial charge >= 0.3 is 0 Å². The summed E-state index contributed by atoms with van der Waals surface area (Å²) in [7, 11) is 0. The number of hydrogen-bond donors (Lipinski definition) is 1. The number of hydrogen-bond acceptors (Lipinski definition) is 5. The number of aromatic nitrogens is 6. The summed E-state index contributed by atoms with van der Waals surface area (Å²) in [5.74, 6) is 0.936. The zero-order chi connectivity index (χ0) is 20.3. The lowest BCUT2D eigenvalue weighted by Crippen LogP contribution is -2.25. The van der Waals surface area contributed by atoms with Crippen molar-refractivity contribution in [3.05, 3.63) is 96.7 Å². The summed E-state index contributed by atoms with van der Waals surface area (Å²) < 4.78 is 3.50. The average Bonchev–Trinajstić information content (AvgIpc) is 3.44. The van der Waals surface area contributed by atoms with E-state index < -0.39 is 0 Å². The van der Waals surface area contributed by atoms with Gasteiger partial charge in [0.1, 0.15) is 0 Å². The van der Waals surface area contributed by atoms with Gasteiger partial charge in [0.05, 0.1) is 12.2 Å². The van der Waals surface area contributed by atoms with Gasteiger partial charge in [-0.25, -0.2) is 9.67 Å². The van der Waals surface area contributed by atoms with E-state index >= 15 is 0 Å². The van der Waals surface area contributed by atoms with E-state index in [0.29, 0.717) is 11.6 Å². The Morgan fingerprint density at radius 1 is 0.867 bits per heavy atom. The fourth-order valence-electron chi connectivity index (χ4n) is 3.18. The summed E-state index contributed by atoms with van der Waals surface area (Å²) in [5, 5.41) is 15.5. The first-order chi connectivity index (χ1) is 14.8. The number of amides is 1. The Morgan fingerprint density at radius 2 is 1.60 bits per heavy atom. The zero-order valence-electron chi connectivity index (χ0n) is 15.9. The van der Waals surface area contributed by atoms with Crippen LogP contribution in [-0.4, -0.2) is 35.3 Å². The zero-order valence-corrected chi connectivity index (χ0v) is 15.9. The molecule has 1 amide bonds. The molecule has 0 aliphatic carbocycles. The van der Waals surface area contributed by atoms with Crippen molar-refractivity contribution in [2.75, 3.05) is 0 Å². The van der Waals surface area contributed by atoms with Crippen LogP contribution in [0.5, 0.6) is 0 Å². The van der Waals surface area contributed by atoms with Gasteiger partial charge in [0.2, 0.25) is 5.82 Å². The molecule has 0 radical (unpaired) electrons. The summed E-state index contributed by atoms with van der Waals surface area (Å²) in [6.07, 6.45) is 1.85. The van der Waals surface area contributed by atoms with Gasteiger partial charge in [-0.1, -0.05) is 54.6 Å². The van der Waals surface area contributed by atoms with Crippen molar-refractivity contribution in [3.8, 4) is 17.1 Å². The third-order valence-corrected chi connectivity index (χ3v) is 4.63. The number of benzene rings is 2. The third-order valence-electron chi connectivity index (χ3n) is 4.63. The smallest absolute Gasteiger partial charge is 0.291 e. The second kappa shape index (κ2) is 7.59. The minimum Gasteiger partial charge on any atom is -0.342 e. The number of nitrogens with one attached hydrogen (secondary N) is 1. The summed E-state index contributed by atoms with van der Waals surface area (Å²) in [6.45, 7) is 0.213. The van der Waals surface area contributed by atoms with Crippen LogP contribution in [0.2, 0.25) is 0 Å². The van der Waals surface area contributed by atoms with Crippen LogP contribution in [0.15, 0.2) is 85.1 Å². The Bertz CT molecular complexity index is 1250. The van der Waals surface area contributed by atoms with Crippen LogP contribution in [0.25, 0.3) is 22.7 Å². The monoisotopic (exact) mass is 395 g/mol. The van der Waals surface area contributed by atoms with Gasteiger partial charge in [-0.05, 0) is 24.3 Å². The number of nitrogens with zero attached hydrogens (tertiary/aromatic N) is 6. The fourth-order valence-corrected chi connectivity index (χ4v) is 3.18. The first-order valence-electron chi connectivity index (χ1n) is 9.44. The number of pyridine rings is 1. The summed E-state index contributed by atoms with van der Waals surface area (Å²) >= 11 is 0. The molecule has 0 fully saturated rings. The number of rotatable bonds is 5. The molecule has 146 valence electrons. The molecule has 5 aromatic rings. The van der Waals surface area contributed by atoms with Crippen LogP contribution in [0.1, 0.15) is 16.4 Å². The second-order valence-electron chi connectivity index (χ2n) is 6.60. The molecular weight excluding hydrogens is 378 g/mol. The maximum Gasteiger partial charge on any atom is 0.291 e. The average molecular weight is 395 g/mol. The van der Waals surface area contributed by atoms with E-state index in [1.54, 1.807) is 4.68 Å². The van der Waals surface area contributed by atoms with E-state index in [4.69, 9.17) is 0 Å². The molecule has 0 saturated carbocycles. The molecule has 0 spiro atoms. The molecule has 0 aliphatic heterocycles. The van der Waals surface area contributed by atoms with Gasteiger partial charge in [0, 0.05) is 11.8 Å². The van der Waals surface area contributed by atoms with Gasteiger partial charge < -0.3 is 5.32 Å². The van der Waals surface area contributed by atoms with Crippen molar-refractivity contribution in [1.29, 1.82) is 0 Å². The highest BCUT2D eigenvalue weighted by Gasteiger charge is 2.19. The van der Waals surface area contributed by atoms with Crippen LogP contribution >= 0.6 is 0 Å².